The summed E-state index contributed by atoms with van der Waals surface area (Å²) in [4.78, 5) is 33.4. The lowest BCUT2D eigenvalue weighted by atomic mass is 10.1. The molecule has 4 heterocycles. The second-order valence-corrected chi connectivity index (χ2v) is 16.1. The molecule has 0 atom stereocenters. The van der Waals surface area contributed by atoms with E-state index < -0.39 is 30.9 Å². The molecule has 6 aromatic rings. The second kappa shape index (κ2) is 14.2. The third kappa shape index (κ3) is 7.23. The van der Waals surface area contributed by atoms with Crippen LogP contribution in [0, 0.1) is 0 Å². The molecule has 2 aromatic heterocycles. The van der Waals surface area contributed by atoms with Crippen molar-refractivity contribution in [3.63, 3.8) is 0 Å². The number of sulfone groups is 2. The highest BCUT2D eigenvalue weighted by Crippen LogP contribution is 2.36. The van der Waals surface area contributed by atoms with E-state index in [9.17, 15) is 36.6 Å². The Morgan fingerprint density at radius 2 is 0.981 bits per heavy atom. The summed E-state index contributed by atoms with van der Waals surface area (Å²) in [5.41, 5.74) is 0.376. The number of aromatic nitrogens is 2. The summed E-state index contributed by atoms with van der Waals surface area (Å²) in [6, 6.07) is 14.7. The van der Waals surface area contributed by atoms with E-state index in [1.54, 1.807) is 18.2 Å². The topological polar surface area (TPSA) is 232 Å². The first kappa shape index (κ1) is 36.5. The van der Waals surface area contributed by atoms with Gasteiger partial charge in [0.15, 0.2) is 42.7 Å². The smallest absolute Gasteiger partial charge is 0.347 e. The first-order valence-electron chi connectivity index (χ1n) is 16.1. The van der Waals surface area contributed by atoms with Crippen LogP contribution < -0.4 is 30.2 Å². The first-order valence-corrected chi connectivity index (χ1v) is 19.9. The molecular formula is C36H30N2O14S2. The number of rotatable bonds is 6. The molecule has 0 aliphatic carbocycles. The van der Waals surface area contributed by atoms with Gasteiger partial charge in [-0.05, 0) is 35.4 Å². The lowest BCUT2D eigenvalue weighted by molar-refractivity contribution is 0.172. The Hall–Kier alpha value is -5.82. The molecule has 0 spiro atoms. The van der Waals surface area contributed by atoms with Gasteiger partial charge in [-0.3, -0.25) is 0 Å². The molecule has 4 aromatic carbocycles. The minimum absolute atomic E-state index is 0.0488. The van der Waals surface area contributed by atoms with Crippen LogP contribution in [-0.4, -0.2) is 76.0 Å². The number of hydrogen-bond donors (Lipinski definition) is 2. The average molecular weight is 779 g/mol. The lowest BCUT2D eigenvalue weighted by Crippen LogP contribution is -2.16. The molecule has 2 N–H and O–H groups in total. The van der Waals surface area contributed by atoms with Crippen LogP contribution in [0.4, 0.5) is 0 Å². The molecule has 0 fully saturated rings. The van der Waals surface area contributed by atoms with Crippen LogP contribution in [0.3, 0.4) is 0 Å². The van der Waals surface area contributed by atoms with Crippen molar-refractivity contribution in [2.24, 2.45) is 0 Å². The molecule has 0 radical (unpaired) electrons. The highest BCUT2D eigenvalue weighted by molar-refractivity contribution is 7.91. The molecule has 2 aliphatic heterocycles. The van der Waals surface area contributed by atoms with Gasteiger partial charge in [0.2, 0.25) is 11.8 Å². The van der Waals surface area contributed by atoms with Gasteiger partial charge in [0.25, 0.3) is 0 Å². The molecule has 18 heteroatoms. The fourth-order valence-corrected chi connectivity index (χ4v) is 7.54. The van der Waals surface area contributed by atoms with E-state index >= 15 is 0 Å². The van der Waals surface area contributed by atoms with Crippen molar-refractivity contribution in [2.45, 2.75) is 23.0 Å². The van der Waals surface area contributed by atoms with E-state index in [0.29, 0.717) is 71.6 Å². The van der Waals surface area contributed by atoms with E-state index in [2.05, 4.69) is 9.97 Å². The van der Waals surface area contributed by atoms with Crippen LogP contribution in [0.1, 0.15) is 11.1 Å². The fraction of sp³-hybridized carbons (Fsp3) is 0.222. The van der Waals surface area contributed by atoms with Crippen molar-refractivity contribution in [3.05, 3.63) is 92.6 Å². The number of hydrogen-bond acceptors (Lipinski definition) is 16. The maximum atomic E-state index is 12.5. The molecule has 0 unspecified atom stereocenters. The highest BCUT2D eigenvalue weighted by Gasteiger charge is 2.23. The predicted octanol–water partition coefficient (Wildman–Crippen LogP) is 3.04. The fourth-order valence-electron chi connectivity index (χ4n) is 5.76. The Morgan fingerprint density at radius 1 is 0.556 bits per heavy atom. The molecule has 0 saturated carbocycles. The Balaban J connectivity index is 0.000000167. The summed E-state index contributed by atoms with van der Waals surface area (Å²) < 4.78 is 81.1. The number of fused-ring (bicyclic) bond motifs is 4. The normalized spacial score (nSPS) is 13.7. The quantitative estimate of drug-likeness (QED) is 0.247. The van der Waals surface area contributed by atoms with Crippen LogP contribution in [-0.2, 0) is 32.9 Å². The van der Waals surface area contributed by atoms with E-state index in [1.807, 2.05) is 0 Å². The Labute approximate surface area is 306 Å². The van der Waals surface area contributed by atoms with E-state index in [-0.39, 0.29) is 56.7 Å². The van der Waals surface area contributed by atoms with Gasteiger partial charge in [-0.15, -0.1) is 0 Å². The van der Waals surface area contributed by atoms with Gasteiger partial charge in [0.1, 0.15) is 26.4 Å². The predicted molar refractivity (Wildman–Crippen MR) is 191 cm³/mol. The van der Waals surface area contributed by atoms with Crippen LogP contribution >= 0.6 is 0 Å². The van der Waals surface area contributed by atoms with Crippen LogP contribution in [0.5, 0.6) is 23.0 Å². The standard InChI is InChI=1S/2C18H15NO7S/c1-27(22,23)16-3-2-10(9-20)6-12(16)17-19-13-8-15-14(24-4-5-25-15)7-11(13)18(21)26-17;1-27(22,23)16-6-10(9-20)2-3-11(16)17-19-13-8-15-14(24-4-5-25-15)7-12(13)18(21)26-17/h2*2-3,6-8,20H,4-5,9H2,1H3. The molecule has 8 rings (SSSR count). The molecule has 0 saturated heterocycles. The van der Waals surface area contributed by atoms with E-state index in [1.165, 1.54) is 42.5 Å². The molecule has 54 heavy (non-hydrogen) atoms. The Bertz CT molecular complexity index is 2810. The zero-order valence-corrected chi connectivity index (χ0v) is 30.2. The van der Waals surface area contributed by atoms with Gasteiger partial charge in [-0.2, -0.15) is 0 Å². The molecule has 16 nitrogen and oxygen atoms in total. The van der Waals surface area contributed by atoms with Gasteiger partial charge in [0, 0.05) is 36.8 Å². The van der Waals surface area contributed by atoms with Crippen LogP contribution in [0.2, 0.25) is 0 Å². The second-order valence-electron chi connectivity index (χ2n) is 12.2. The van der Waals surface area contributed by atoms with Crippen molar-refractivity contribution in [3.8, 4) is 45.9 Å². The number of aliphatic hydroxyl groups excluding tert-OH is 2. The van der Waals surface area contributed by atoms with Crippen molar-refractivity contribution < 1.29 is 54.8 Å². The zero-order valence-electron chi connectivity index (χ0n) is 28.5. The maximum absolute atomic E-state index is 12.5. The number of nitrogens with zero attached hydrogens (tertiary/aromatic N) is 2. The van der Waals surface area contributed by atoms with Crippen molar-refractivity contribution in [1.82, 2.24) is 9.97 Å². The van der Waals surface area contributed by atoms with Gasteiger partial charge < -0.3 is 38.0 Å². The lowest BCUT2D eigenvalue weighted by Gasteiger charge is -2.18. The molecule has 280 valence electrons. The Morgan fingerprint density at radius 3 is 1.44 bits per heavy atom. The summed E-state index contributed by atoms with van der Waals surface area (Å²) in [7, 11) is -7.27. The van der Waals surface area contributed by atoms with Gasteiger partial charge in [-0.25, -0.2) is 36.4 Å². The maximum Gasteiger partial charge on any atom is 0.347 e. The third-order valence-electron chi connectivity index (χ3n) is 8.30. The molecule has 2 aliphatic rings. The van der Waals surface area contributed by atoms with Crippen molar-refractivity contribution in [2.75, 3.05) is 38.9 Å². The third-order valence-corrected chi connectivity index (χ3v) is 10.6. The summed E-state index contributed by atoms with van der Waals surface area (Å²) in [5, 5.41) is 19.0. The van der Waals surface area contributed by atoms with Gasteiger partial charge in [-0.1, -0.05) is 12.1 Å². The summed E-state index contributed by atoms with van der Waals surface area (Å²) >= 11 is 0. The number of ether oxygens (including phenoxy) is 4. The van der Waals surface area contributed by atoms with Gasteiger partial charge >= 0.3 is 11.3 Å². The highest BCUT2D eigenvalue weighted by atomic mass is 32.2. The van der Waals surface area contributed by atoms with E-state index in [4.69, 9.17) is 27.8 Å². The zero-order chi connectivity index (χ0) is 38.4. The van der Waals surface area contributed by atoms with Crippen LogP contribution in [0.25, 0.3) is 44.7 Å². The minimum Gasteiger partial charge on any atom is -0.486 e. The number of benzene rings is 4. The monoisotopic (exact) mass is 778 g/mol. The summed E-state index contributed by atoms with van der Waals surface area (Å²) in [6.45, 7) is 0.900. The van der Waals surface area contributed by atoms with Crippen molar-refractivity contribution in [1.29, 1.82) is 0 Å². The largest absolute Gasteiger partial charge is 0.486 e. The Kier molecular flexibility index (Phi) is 9.61. The first-order chi connectivity index (χ1) is 25.7. The minimum atomic E-state index is -3.65. The summed E-state index contributed by atoms with van der Waals surface area (Å²) in [5.74, 6) is 1.48. The molecule has 0 bridgehead atoms. The van der Waals surface area contributed by atoms with E-state index in [0.717, 1.165) is 12.5 Å². The average Bonchev–Trinajstić information content (AvgIpc) is 3.15. The van der Waals surface area contributed by atoms with Crippen LogP contribution in [0.15, 0.2) is 88.9 Å². The molecule has 0 amide bonds. The number of aliphatic hydroxyl groups is 2. The molecular weight excluding hydrogens is 749 g/mol. The summed E-state index contributed by atoms with van der Waals surface area (Å²) in [6.07, 6.45) is 2.08. The van der Waals surface area contributed by atoms with Crippen molar-refractivity contribution >= 4 is 41.5 Å². The van der Waals surface area contributed by atoms with Gasteiger partial charge in [0.05, 0.1) is 55.9 Å². The SMILES string of the molecule is CS(=O)(=O)c1cc(CO)ccc1-c1nc2cc3c(cc2c(=O)o1)OCCO3.CS(=O)(=O)c1ccc(CO)cc1-c1nc2cc3c(cc2c(=O)o1)OCCO3.